The van der Waals surface area contributed by atoms with Crippen LogP contribution in [0.4, 0.5) is 0 Å². The first-order valence-corrected chi connectivity index (χ1v) is 8.98. The van der Waals surface area contributed by atoms with E-state index < -0.39 is 0 Å². The Labute approximate surface area is 148 Å². The van der Waals surface area contributed by atoms with Gasteiger partial charge in [-0.25, -0.2) is 4.98 Å². The number of nitrogens with one attached hydrogen (secondary N) is 1. The molecule has 1 aromatic carbocycles. The van der Waals surface area contributed by atoms with E-state index in [0.717, 1.165) is 36.7 Å². The molecule has 25 heavy (non-hydrogen) atoms. The molecule has 6 heteroatoms. The second kappa shape index (κ2) is 7.06. The maximum Gasteiger partial charge on any atom is 0.231 e. The fraction of sp³-hybridized carbons (Fsp3) is 0.526. The molecule has 0 amide bonds. The van der Waals surface area contributed by atoms with E-state index in [1.807, 2.05) is 24.7 Å². The van der Waals surface area contributed by atoms with Gasteiger partial charge in [0.05, 0.1) is 18.1 Å². The summed E-state index contributed by atoms with van der Waals surface area (Å²) >= 11 is 0. The van der Waals surface area contributed by atoms with Gasteiger partial charge in [-0.1, -0.05) is 12.1 Å². The minimum Gasteiger partial charge on any atom is -0.454 e. The molecule has 1 N–H and O–H groups in total. The zero-order chi connectivity index (χ0) is 17.2. The van der Waals surface area contributed by atoms with Crippen molar-refractivity contribution >= 4 is 0 Å². The van der Waals surface area contributed by atoms with Crippen molar-refractivity contribution in [2.45, 2.75) is 25.4 Å². The van der Waals surface area contributed by atoms with Crippen molar-refractivity contribution in [1.82, 2.24) is 19.8 Å². The van der Waals surface area contributed by atoms with Crippen LogP contribution in [0.2, 0.25) is 0 Å². The van der Waals surface area contributed by atoms with E-state index in [2.05, 4.69) is 39.9 Å². The first-order chi connectivity index (χ1) is 12.2. The molecule has 0 bridgehead atoms. The number of piperidine rings is 1. The number of benzene rings is 1. The molecule has 1 aromatic heterocycles. The summed E-state index contributed by atoms with van der Waals surface area (Å²) in [7, 11) is 4.30. The molecule has 6 nitrogen and oxygen atoms in total. The molecular weight excluding hydrogens is 316 g/mol. The van der Waals surface area contributed by atoms with Gasteiger partial charge in [0, 0.05) is 31.9 Å². The quantitative estimate of drug-likeness (QED) is 0.904. The highest BCUT2D eigenvalue weighted by Gasteiger charge is 2.32. The van der Waals surface area contributed by atoms with Crippen LogP contribution in [0.3, 0.4) is 0 Å². The van der Waals surface area contributed by atoms with Crippen molar-refractivity contribution in [2.24, 2.45) is 13.0 Å². The van der Waals surface area contributed by atoms with Crippen molar-refractivity contribution in [2.75, 3.05) is 26.9 Å². The molecule has 3 heterocycles. The molecular formula is C19H26N4O2. The molecule has 4 rings (SSSR count). The number of nitrogens with zero attached hydrogens (tertiary/aromatic N) is 3. The van der Waals surface area contributed by atoms with Gasteiger partial charge in [-0.2, -0.15) is 0 Å². The molecule has 2 aliphatic rings. The fourth-order valence-electron chi connectivity index (χ4n) is 4.12. The van der Waals surface area contributed by atoms with Crippen LogP contribution in [0.1, 0.15) is 30.1 Å². The number of ether oxygens (including phenoxy) is 2. The van der Waals surface area contributed by atoms with Crippen LogP contribution in [-0.2, 0) is 13.6 Å². The topological polar surface area (TPSA) is 51.6 Å². The second-order valence-corrected chi connectivity index (χ2v) is 7.04. The van der Waals surface area contributed by atoms with Crippen molar-refractivity contribution in [3.8, 4) is 11.5 Å². The highest BCUT2D eigenvalue weighted by molar-refractivity contribution is 5.48. The molecule has 2 atom stereocenters. The molecule has 2 aliphatic heterocycles. The fourth-order valence-corrected chi connectivity index (χ4v) is 4.12. The van der Waals surface area contributed by atoms with Gasteiger partial charge in [0.1, 0.15) is 0 Å². The number of aryl methyl sites for hydroxylation is 1. The van der Waals surface area contributed by atoms with Crippen LogP contribution in [0.15, 0.2) is 30.7 Å². The van der Waals surface area contributed by atoms with Gasteiger partial charge in [-0.3, -0.25) is 4.90 Å². The molecule has 0 unspecified atom stereocenters. The van der Waals surface area contributed by atoms with Gasteiger partial charge >= 0.3 is 0 Å². The maximum absolute atomic E-state index is 5.60. The SMILES string of the molecule is CN1CCC[C@@H](CNCc2cccc3c2OCO3)[C@@H]1c1cncn1C. The summed E-state index contributed by atoms with van der Waals surface area (Å²) in [4.78, 5) is 6.78. The number of rotatable bonds is 5. The van der Waals surface area contributed by atoms with Crippen molar-refractivity contribution in [3.63, 3.8) is 0 Å². The molecule has 0 radical (unpaired) electrons. The predicted octanol–water partition coefficient (Wildman–Crippen LogP) is 2.32. The summed E-state index contributed by atoms with van der Waals surface area (Å²) in [6.07, 6.45) is 6.39. The van der Waals surface area contributed by atoms with Crippen LogP contribution >= 0.6 is 0 Å². The monoisotopic (exact) mass is 342 g/mol. The number of para-hydroxylation sites is 1. The van der Waals surface area contributed by atoms with E-state index in [9.17, 15) is 0 Å². The molecule has 0 spiro atoms. The molecule has 0 saturated carbocycles. The van der Waals surface area contributed by atoms with Crippen LogP contribution in [0, 0.1) is 5.92 Å². The van der Waals surface area contributed by atoms with Gasteiger partial charge in [-0.05, 0) is 38.4 Å². The third-order valence-electron chi connectivity index (χ3n) is 5.36. The van der Waals surface area contributed by atoms with Crippen LogP contribution in [0.25, 0.3) is 0 Å². The Kier molecular flexibility index (Phi) is 4.63. The number of hydrogen-bond acceptors (Lipinski definition) is 5. The molecule has 2 aromatic rings. The third kappa shape index (κ3) is 3.24. The summed E-state index contributed by atoms with van der Waals surface area (Å²) in [5, 5.41) is 3.64. The van der Waals surface area contributed by atoms with Gasteiger partial charge in [0.15, 0.2) is 11.5 Å². The van der Waals surface area contributed by atoms with Crippen LogP contribution in [0.5, 0.6) is 11.5 Å². The number of likely N-dealkylation sites (tertiary alicyclic amines) is 1. The van der Waals surface area contributed by atoms with Crippen molar-refractivity contribution in [1.29, 1.82) is 0 Å². The standard InChI is InChI=1S/C19H26N4O2/c1-22-8-4-6-14(18(22)16-11-21-12-23(16)2)9-20-10-15-5-3-7-17-19(15)25-13-24-17/h3,5,7,11-12,14,18,20H,4,6,8-10,13H2,1-2H3/t14-,18+/m0/s1. The highest BCUT2D eigenvalue weighted by atomic mass is 16.7. The Hall–Kier alpha value is -2.05. The Morgan fingerprint density at radius 3 is 3.04 bits per heavy atom. The molecule has 134 valence electrons. The lowest BCUT2D eigenvalue weighted by atomic mass is 9.87. The Morgan fingerprint density at radius 1 is 1.28 bits per heavy atom. The minimum absolute atomic E-state index is 0.322. The lowest BCUT2D eigenvalue weighted by Gasteiger charge is -2.39. The Morgan fingerprint density at radius 2 is 2.20 bits per heavy atom. The summed E-state index contributed by atoms with van der Waals surface area (Å²) in [6.45, 7) is 3.24. The minimum atomic E-state index is 0.322. The van der Waals surface area contributed by atoms with Gasteiger partial charge in [0.2, 0.25) is 6.79 Å². The summed E-state index contributed by atoms with van der Waals surface area (Å²) in [6, 6.07) is 6.50. The number of fused-ring (bicyclic) bond motifs is 1. The normalized spacial score (nSPS) is 23.1. The lowest BCUT2D eigenvalue weighted by Crippen LogP contribution is -2.41. The van der Waals surface area contributed by atoms with E-state index >= 15 is 0 Å². The van der Waals surface area contributed by atoms with E-state index in [4.69, 9.17) is 9.47 Å². The Balaban J connectivity index is 1.43. The lowest BCUT2D eigenvalue weighted by molar-refractivity contribution is 0.113. The smallest absolute Gasteiger partial charge is 0.231 e. The Bertz CT molecular complexity index is 730. The van der Waals surface area contributed by atoms with E-state index in [1.165, 1.54) is 18.5 Å². The molecule has 0 aliphatic carbocycles. The number of imidazole rings is 1. The van der Waals surface area contributed by atoms with E-state index in [0.29, 0.717) is 18.8 Å². The first-order valence-electron chi connectivity index (χ1n) is 8.98. The van der Waals surface area contributed by atoms with Crippen molar-refractivity contribution in [3.05, 3.63) is 42.0 Å². The van der Waals surface area contributed by atoms with E-state index in [-0.39, 0.29) is 0 Å². The highest BCUT2D eigenvalue weighted by Crippen LogP contribution is 2.36. The van der Waals surface area contributed by atoms with Gasteiger partial charge in [-0.15, -0.1) is 0 Å². The number of aromatic nitrogens is 2. The second-order valence-electron chi connectivity index (χ2n) is 7.04. The molecule has 1 fully saturated rings. The largest absolute Gasteiger partial charge is 0.454 e. The van der Waals surface area contributed by atoms with Crippen LogP contribution < -0.4 is 14.8 Å². The zero-order valence-electron chi connectivity index (χ0n) is 14.9. The first kappa shape index (κ1) is 16.4. The average molecular weight is 342 g/mol. The summed E-state index contributed by atoms with van der Waals surface area (Å²) in [5.74, 6) is 2.31. The predicted molar refractivity (Wildman–Crippen MR) is 95.6 cm³/mol. The third-order valence-corrected chi connectivity index (χ3v) is 5.36. The van der Waals surface area contributed by atoms with Gasteiger partial charge in [0.25, 0.3) is 0 Å². The maximum atomic E-state index is 5.60. The summed E-state index contributed by atoms with van der Waals surface area (Å²) in [5.41, 5.74) is 2.46. The number of hydrogen-bond donors (Lipinski definition) is 1. The summed E-state index contributed by atoms with van der Waals surface area (Å²) < 4.78 is 13.2. The zero-order valence-corrected chi connectivity index (χ0v) is 14.9. The van der Waals surface area contributed by atoms with E-state index in [1.54, 1.807) is 0 Å². The molecule has 1 saturated heterocycles. The van der Waals surface area contributed by atoms with Crippen molar-refractivity contribution < 1.29 is 9.47 Å². The van der Waals surface area contributed by atoms with Gasteiger partial charge < -0.3 is 19.4 Å². The van der Waals surface area contributed by atoms with Crippen LogP contribution in [-0.4, -0.2) is 41.4 Å². The average Bonchev–Trinajstić information content (AvgIpc) is 3.24.